The van der Waals surface area contributed by atoms with Gasteiger partial charge in [0.2, 0.25) is 0 Å². The van der Waals surface area contributed by atoms with Crippen molar-refractivity contribution in [3.63, 3.8) is 0 Å². The fourth-order valence-electron chi connectivity index (χ4n) is 2.16. The Bertz CT molecular complexity index is 202. The molecule has 1 rings (SSSR count). The molecular formula is C10H20N2O2. The second-order valence-corrected chi connectivity index (χ2v) is 3.98. The molecule has 4 heteroatoms. The van der Waals surface area contributed by atoms with Crippen LogP contribution in [0.2, 0.25) is 0 Å². The van der Waals surface area contributed by atoms with Gasteiger partial charge >= 0.3 is 5.97 Å². The van der Waals surface area contributed by atoms with Crippen molar-refractivity contribution >= 4 is 5.97 Å². The molecule has 0 radical (unpaired) electrons. The van der Waals surface area contributed by atoms with Crippen LogP contribution >= 0.6 is 0 Å². The Labute approximate surface area is 85.3 Å². The molecule has 0 amide bonds. The Balaban J connectivity index is 2.61. The lowest BCUT2D eigenvalue weighted by molar-refractivity contribution is -0.141. The number of aliphatic carboxylic acids is 1. The van der Waals surface area contributed by atoms with Crippen molar-refractivity contribution < 1.29 is 9.90 Å². The van der Waals surface area contributed by atoms with Gasteiger partial charge < -0.3 is 10.4 Å². The van der Waals surface area contributed by atoms with Gasteiger partial charge in [-0.2, -0.15) is 0 Å². The van der Waals surface area contributed by atoms with Gasteiger partial charge in [0.25, 0.3) is 0 Å². The Morgan fingerprint density at radius 2 is 2.14 bits per heavy atom. The number of carboxylic acids is 1. The highest BCUT2D eigenvalue weighted by Crippen LogP contribution is 2.24. The van der Waals surface area contributed by atoms with E-state index in [1.165, 1.54) is 0 Å². The van der Waals surface area contributed by atoms with E-state index in [1.807, 2.05) is 0 Å². The molecule has 1 saturated heterocycles. The third-order valence-electron chi connectivity index (χ3n) is 2.93. The standard InChI is InChI=1S/C10H20N2O2/c1-3-5-12(4-2)10(6-9(13)14)7-11-8-10/h11H,3-8H2,1-2H3,(H,13,14). The quantitative estimate of drug-likeness (QED) is 0.657. The van der Waals surface area contributed by atoms with Crippen LogP contribution in [0.15, 0.2) is 0 Å². The largest absolute Gasteiger partial charge is 0.481 e. The first-order valence-corrected chi connectivity index (χ1v) is 5.32. The summed E-state index contributed by atoms with van der Waals surface area (Å²) in [5.74, 6) is -0.693. The SMILES string of the molecule is CCCN(CC)C1(CC(=O)O)CNC1. The topological polar surface area (TPSA) is 52.6 Å². The average molecular weight is 200 g/mol. The first kappa shape index (κ1) is 11.5. The van der Waals surface area contributed by atoms with E-state index in [4.69, 9.17) is 5.11 Å². The van der Waals surface area contributed by atoms with Crippen molar-refractivity contribution in [2.24, 2.45) is 0 Å². The fourth-order valence-corrected chi connectivity index (χ4v) is 2.16. The minimum absolute atomic E-state index is 0.114. The zero-order chi connectivity index (χ0) is 10.6. The van der Waals surface area contributed by atoms with Crippen molar-refractivity contribution in [2.45, 2.75) is 32.2 Å². The second-order valence-electron chi connectivity index (χ2n) is 3.98. The molecule has 1 aliphatic heterocycles. The summed E-state index contributed by atoms with van der Waals surface area (Å²) in [6, 6.07) is 0. The van der Waals surface area contributed by atoms with Crippen LogP contribution in [0, 0.1) is 0 Å². The summed E-state index contributed by atoms with van der Waals surface area (Å²) in [5, 5.41) is 12.0. The minimum atomic E-state index is -0.693. The van der Waals surface area contributed by atoms with Crippen LogP contribution in [0.3, 0.4) is 0 Å². The molecule has 1 aliphatic rings. The van der Waals surface area contributed by atoms with Gasteiger partial charge in [0, 0.05) is 13.1 Å². The lowest BCUT2D eigenvalue weighted by atomic mass is 9.86. The molecule has 0 saturated carbocycles. The van der Waals surface area contributed by atoms with Gasteiger partial charge in [-0.1, -0.05) is 13.8 Å². The Hall–Kier alpha value is -0.610. The number of rotatable bonds is 6. The summed E-state index contributed by atoms with van der Waals surface area (Å²) >= 11 is 0. The number of hydrogen-bond donors (Lipinski definition) is 2. The lowest BCUT2D eigenvalue weighted by Crippen LogP contribution is -2.69. The van der Waals surface area contributed by atoms with Gasteiger partial charge in [0.1, 0.15) is 0 Å². The summed E-state index contributed by atoms with van der Waals surface area (Å²) in [5.41, 5.74) is -0.114. The molecule has 0 unspecified atom stereocenters. The maximum absolute atomic E-state index is 10.8. The van der Waals surface area contributed by atoms with E-state index in [9.17, 15) is 4.79 Å². The van der Waals surface area contributed by atoms with Crippen molar-refractivity contribution in [3.05, 3.63) is 0 Å². The summed E-state index contributed by atoms with van der Waals surface area (Å²) < 4.78 is 0. The molecule has 82 valence electrons. The normalized spacial score (nSPS) is 19.4. The zero-order valence-corrected chi connectivity index (χ0v) is 9.05. The van der Waals surface area contributed by atoms with Gasteiger partial charge in [-0.25, -0.2) is 0 Å². The lowest BCUT2D eigenvalue weighted by Gasteiger charge is -2.49. The number of hydrogen-bond acceptors (Lipinski definition) is 3. The molecular weight excluding hydrogens is 180 g/mol. The Morgan fingerprint density at radius 1 is 1.50 bits per heavy atom. The van der Waals surface area contributed by atoms with Crippen LogP contribution in [0.1, 0.15) is 26.7 Å². The van der Waals surface area contributed by atoms with Crippen molar-refractivity contribution in [3.8, 4) is 0 Å². The molecule has 1 heterocycles. The van der Waals surface area contributed by atoms with Crippen LogP contribution in [-0.2, 0) is 4.79 Å². The molecule has 0 aromatic rings. The van der Waals surface area contributed by atoms with E-state index in [0.717, 1.165) is 32.6 Å². The Kier molecular flexibility index (Phi) is 3.89. The molecule has 4 nitrogen and oxygen atoms in total. The number of nitrogens with zero attached hydrogens (tertiary/aromatic N) is 1. The van der Waals surface area contributed by atoms with Crippen LogP contribution in [0.25, 0.3) is 0 Å². The van der Waals surface area contributed by atoms with Gasteiger partial charge in [-0.05, 0) is 19.5 Å². The van der Waals surface area contributed by atoms with Crippen LogP contribution in [0.4, 0.5) is 0 Å². The van der Waals surface area contributed by atoms with E-state index >= 15 is 0 Å². The highest BCUT2D eigenvalue weighted by atomic mass is 16.4. The van der Waals surface area contributed by atoms with E-state index in [2.05, 4.69) is 24.1 Å². The average Bonchev–Trinajstić information content (AvgIpc) is 2.07. The second kappa shape index (κ2) is 4.75. The number of carboxylic acid groups (broad SMARTS) is 1. The predicted molar refractivity (Wildman–Crippen MR) is 55.4 cm³/mol. The molecule has 2 N–H and O–H groups in total. The number of carbonyl (C=O) groups is 1. The first-order valence-electron chi connectivity index (χ1n) is 5.32. The van der Waals surface area contributed by atoms with Crippen molar-refractivity contribution in [2.75, 3.05) is 26.2 Å². The maximum atomic E-state index is 10.8. The van der Waals surface area contributed by atoms with E-state index in [-0.39, 0.29) is 12.0 Å². The van der Waals surface area contributed by atoms with Gasteiger partial charge in [-0.3, -0.25) is 9.69 Å². The minimum Gasteiger partial charge on any atom is -0.481 e. The molecule has 1 fully saturated rings. The van der Waals surface area contributed by atoms with Gasteiger partial charge in [0.05, 0.1) is 12.0 Å². The summed E-state index contributed by atoms with van der Waals surface area (Å²) in [7, 11) is 0. The molecule has 0 atom stereocenters. The summed E-state index contributed by atoms with van der Waals surface area (Å²) in [6.07, 6.45) is 1.34. The molecule has 0 aliphatic carbocycles. The van der Waals surface area contributed by atoms with E-state index in [1.54, 1.807) is 0 Å². The van der Waals surface area contributed by atoms with E-state index < -0.39 is 5.97 Å². The van der Waals surface area contributed by atoms with Crippen LogP contribution in [-0.4, -0.2) is 47.7 Å². The van der Waals surface area contributed by atoms with Crippen molar-refractivity contribution in [1.29, 1.82) is 0 Å². The van der Waals surface area contributed by atoms with Crippen LogP contribution in [0.5, 0.6) is 0 Å². The van der Waals surface area contributed by atoms with Crippen molar-refractivity contribution in [1.82, 2.24) is 10.2 Å². The highest BCUT2D eigenvalue weighted by molar-refractivity contribution is 5.68. The first-order chi connectivity index (χ1) is 6.64. The fraction of sp³-hybridized carbons (Fsp3) is 0.900. The van der Waals surface area contributed by atoms with Gasteiger partial charge in [-0.15, -0.1) is 0 Å². The molecule has 14 heavy (non-hydrogen) atoms. The third kappa shape index (κ3) is 2.25. The summed E-state index contributed by atoms with van der Waals surface area (Å²) in [4.78, 5) is 13.1. The Morgan fingerprint density at radius 3 is 2.43 bits per heavy atom. The molecule has 0 aromatic heterocycles. The van der Waals surface area contributed by atoms with E-state index in [0.29, 0.717) is 0 Å². The zero-order valence-electron chi connectivity index (χ0n) is 9.05. The smallest absolute Gasteiger partial charge is 0.305 e. The number of nitrogens with one attached hydrogen (secondary N) is 1. The molecule has 0 aromatic carbocycles. The van der Waals surface area contributed by atoms with Gasteiger partial charge in [0.15, 0.2) is 0 Å². The number of likely N-dealkylation sites (N-methyl/N-ethyl adjacent to an activating group) is 1. The molecule has 0 bridgehead atoms. The highest BCUT2D eigenvalue weighted by Gasteiger charge is 2.43. The van der Waals surface area contributed by atoms with Crippen LogP contribution < -0.4 is 5.32 Å². The molecule has 0 spiro atoms. The maximum Gasteiger partial charge on any atom is 0.305 e. The predicted octanol–water partition coefficient (Wildman–Crippen LogP) is 0.535. The summed E-state index contributed by atoms with van der Waals surface area (Å²) in [6.45, 7) is 7.77. The monoisotopic (exact) mass is 200 g/mol. The third-order valence-corrected chi connectivity index (χ3v) is 2.93.